The first-order valence-corrected chi connectivity index (χ1v) is 17.5. The van der Waals surface area contributed by atoms with Crippen LogP contribution in [0.2, 0.25) is 0 Å². The first-order valence-electron chi connectivity index (χ1n) is 17.5. The molecule has 234 valence electrons. The molecule has 12 rings (SSSR count). The molecule has 0 radical (unpaired) electrons. The van der Waals surface area contributed by atoms with E-state index in [1.165, 1.54) is 65.3 Å². The second-order valence-electron chi connectivity index (χ2n) is 13.7. The van der Waals surface area contributed by atoms with Crippen molar-refractivity contribution in [3.63, 3.8) is 0 Å². The van der Waals surface area contributed by atoms with E-state index in [0.717, 1.165) is 44.0 Å². The molecule has 0 saturated heterocycles. The van der Waals surface area contributed by atoms with Gasteiger partial charge in [-0.15, -0.1) is 0 Å². The molecule has 3 heteroatoms. The third-order valence-corrected chi connectivity index (χ3v) is 11.1. The molecule has 9 aromatic carbocycles. The van der Waals surface area contributed by atoms with Gasteiger partial charge in [-0.2, -0.15) is 0 Å². The summed E-state index contributed by atoms with van der Waals surface area (Å²) in [4.78, 5) is 11.1. The standard InChI is InChI=1S/C48H27N3/c1-2-14-29(15-3-1)45-39-26-25-28-13-4-5-16-30(28)46(39)50-48(49-45)51-41-27-40-34-20-7-6-18-32(34)35-23-12-24-38(42(35)40)43(41)44-36-21-10-8-17-31(36)33-19-9-11-22-37(33)47(44)51/h1-27H. The van der Waals surface area contributed by atoms with Crippen molar-refractivity contribution in [2.75, 3.05) is 0 Å². The number of rotatable bonds is 2. The highest BCUT2D eigenvalue weighted by Gasteiger charge is 2.28. The van der Waals surface area contributed by atoms with Crippen molar-refractivity contribution in [2.45, 2.75) is 0 Å². The van der Waals surface area contributed by atoms with Gasteiger partial charge in [-0.1, -0.05) is 152 Å². The van der Waals surface area contributed by atoms with Gasteiger partial charge in [0.2, 0.25) is 5.95 Å². The Kier molecular flexibility index (Phi) is 5.23. The Morgan fingerprint density at radius 3 is 1.82 bits per heavy atom. The van der Waals surface area contributed by atoms with E-state index in [0.29, 0.717) is 5.95 Å². The number of aromatic nitrogens is 3. The molecule has 0 N–H and O–H groups in total. The summed E-state index contributed by atoms with van der Waals surface area (Å²) >= 11 is 0. The first kappa shape index (κ1) is 27.0. The maximum absolute atomic E-state index is 5.56. The van der Waals surface area contributed by atoms with Crippen LogP contribution < -0.4 is 0 Å². The van der Waals surface area contributed by atoms with Crippen LogP contribution in [-0.2, 0) is 0 Å². The van der Waals surface area contributed by atoms with Gasteiger partial charge in [-0.05, 0) is 66.7 Å². The molecule has 0 amide bonds. The molecule has 1 aliphatic carbocycles. The fraction of sp³-hybridized carbons (Fsp3) is 0. The summed E-state index contributed by atoms with van der Waals surface area (Å²) in [7, 11) is 0. The van der Waals surface area contributed by atoms with E-state index in [1.54, 1.807) is 0 Å². The van der Waals surface area contributed by atoms with Crippen LogP contribution >= 0.6 is 0 Å². The number of nitrogens with zero attached hydrogens (tertiary/aromatic N) is 3. The van der Waals surface area contributed by atoms with Gasteiger partial charge in [0.25, 0.3) is 0 Å². The number of benzene rings is 9. The third-order valence-electron chi connectivity index (χ3n) is 11.1. The summed E-state index contributed by atoms with van der Waals surface area (Å²) in [6.45, 7) is 0. The Labute approximate surface area is 292 Å². The molecule has 3 nitrogen and oxygen atoms in total. The molecule has 11 aromatic rings. The van der Waals surface area contributed by atoms with E-state index in [1.807, 2.05) is 0 Å². The Morgan fingerprint density at radius 1 is 0.373 bits per heavy atom. The lowest BCUT2D eigenvalue weighted by atomic mass is 9.94. The van der Waals surface area contributed by atoms with Crippen LogP contribution in [0.4, 0.5) is 0 Å². The van der Waals surface area contributed by atoms with Gasteiger partial charge in [-0.25, -0.2) is 9.97 Å². The fourth-order valence-corrected chi connectivity index (χ4v) is 9.00. The summed E-state index contributed by atoms with van der Waals surface area (Å²) in [5.74, 6) is 0.673. The summed E-state index contributed by atoms with van der Waals surface area (Å²) in [6, 6.07) is 59.2. The van der Waals surface area contributed by atoms with Gasteiger partial charge in [0, 0.05) is 32.5 Å². The van der Waals surface area contributed by atoms with Crippen LogP contribution in [-0.4, -0.2) is 14.5 Å². The fourth-order valence-electron chi connectivity index (χ4n) is 9.00. The average molecular weight is 646 g/mol. The highest BCUT2D eigenvalue weighted by atomic mass is 15.2. The monoisotopic (exact) mass is 645 g/mol. The van der Waals surface area contributed by atoms with Gasteiger partial charge in [0.1, 0.15) is 0 Å². The van der Waals surface area contributed by atoms with Crippen molar-refractivity contribution < 1.29 is 0 Å². The van der Waals surface area contributed by atoms with Crippen molar-refractivity contribution in [1.29, 1.82) is 0 Å². The van der Waals surface area contributed by atoms with E-state index < -0.39 is 0 Å². The minimum absolute atomic E-state index is 0.673. The zero-order chi connectivity index (χ0) is 33.2. The molecule has 0 aliphatic heterocycles. The van der Waals surface area contributed by atoms with Crippen molar-refractivity contribution in [3.8, 4) is 39.5 Å². The molecule has 2 heterocycles. The summed E-state index contributed by atoms with van der Waals surface area (Å²) in [6.07, 6.45) is 0. The van der Waals surface area contributed by atoms with E-state index in [2.05, 4.69) is 168 Å². The average Bonchev–Trinajstić information content (AvgIpc) is 3.72. The summed E-state index contributed by atoms with van der Waals surface area (Å²) < 4.78 is 2.37. The molecule has 2 aromatic heterocycles. The lowest BCUT2D eigenvalue weighted by Gasteiger charge is -2.15. The van der Waals surface area contributed by atoms with Gasteiger partial charge in [0.15, 0.2) is 0 Å². The molecule has 0 saturated carbocycles. The van der Waals surface area contributed by atoms with Gasteiger partial charge in [0.05, 0.1) is 22.2 Å². The van der Waals surface area contributed by atoms with Gasteiger partial charge in [-0.3, -0.25) is 4.57 Å². The molecule has 1 aliphatic rings. The Hall–Kier alpha value is -6.84. The van der Waals surface area contributed by atoms with E-state index in [4.69, 9.17) is 9.97 Å². The zero-order valence-electron chi connectivity index (χ0n) is 27.4. The molecule has 0 fully saturated rings. The lowest BCUT2D eigenvalue weighted by molar-refractivity contribution is 1.02. The minimum atomic E-state index is 0.673. The van der Waals surface area contributed by atoms with Crippen LogP contribution in [0.15, 0.2) is 164 Å². The second-order valence-corrected chi connectivity index (χ2v) is 13.7. The van der Waals surface area contributed by atoms with Gasteiger partial charge < -0.3 is 0 Å². The maximum atomic E-state index is 5.56. The summed E-state index contributed by atoms with van der Waals surface area (Å²) in [5, 5.41) is 13.3. The third kappa shape index (κ3) is 3.52. The Balaban J connectivity index is 1.37. The predicted molar refractivity (Wildman–Crippen MR) is 214 cm³/mol. The summed E-state index contributed by atoms with van der Waals surface area (Å²) in [5.41, 5.74) is 10.3. The Bertz CT molecular complexity index is 3300. The predicted octanol–water partition coefficient (Wildman–Crippen LogP) is 12.7. The topological polar surface area (TPSA) is 30.7 Å². The molecule has 0 atom stereocenters. The molecular weight excluding hydrogens is 619 g/mol. The quantitative estimate of drug-likeness (QED) is 0.175. The second kappa shape index (κ2) is 9.87. The zero-order valence-corrected chi connectivity index (χ0v) is 27.4. The smallest absolute Gasteiger partial charge is 0.235 e. The van der Waals surface area contributed by atoms with Crippen molar-refractivity contribution in [1.82, 2.24) is 14.5 Å². The highest BCUT2D eigenvalue weighted by molar-refractivity contribution is 6.38. The number of hydrogen-bond donors (Lipinski definition) is 0. The molecule has 0 unspecified atom stereocenters. The molecule has 51 heavy (non-hydrogen) atoms. The van der Waals surface area contributed by atoms with Crippen molar-refractivity contribution in [3.05, 3.63) is 164 Å². The van der Waals surface area contributed by atoms with Crippen LogP contribution in [0.5, 0.6) is 0 Å². The normalized spacial score (nSPS) is 12.3. The largest absolute Gasteiger partial charge is 0.277 e. The van der Waals surface area contributed by atoms with Crippen molar-refractivity contribution in [2.24, 2.45) is 0 Å². The van der Waals surface area contributed by atoms with Crippen molar-refractivity contribution >= 4 is 75.8 Å². The van der Waals surface area contributed by atoms with Crippen LogP contribution in [0.1, 0.15) is 0 Å². The SMILES string of the molecule is c1ccc(-c2nc(-n3c4cc5c6c(cccc6c4c4c6ccccc6c6ccccc6c43)-c3ccccc3-5)nc3c2ccc2ccccc23)cc1. The van der Waals surface area contributed by atoms with Crippen LogP contribution in [0.25, 0.3) is 115 Å². The number of fused-ring (bicyclic) bond motifs is 15. The Morgan fingerprint density at radius 2 is 1.00 bits per heavy atom. The van der Waals surface area contributed by atoms with Crippen LogP contribution in [0.3, 0.4) is 0 Å². The maximum Gasteiger partial charge on any atom is 0.235 e. The van der Waals surface area contributed by atoms with E-state index >= 15 is 0 Å². The molecular formula is C48H27N3. The van der Waals surface area contributed by atoms with E-state index in [9.17, 15) is 0 Å². The highest BCUT2D eigenvalue weighted by Crippen LogP contribution is 2.52. The van der Waals surface area contributed by atoms with Gasteiger partial charge >= 0.3 is 0 Å². The number of hydrogen-bond acceptors (Lipinski definition) is 2. The van der Waals surface area contributed by atoms with E-state index in [-0.39, 0.29) is 0 Å². The molecule has 0 bridgehead atoms. The lowest BCUT2D eigenvalue weighted by Crippen LogP contribution is -2.04. The minimum Gasteiger partial charge on any atom is -0.277 e. The van der Waals surface area contributed by atoms with Crippen LogP contribution in [0, 0.1) is 0 Å². The first-order chi connectivity index (χ1) is 25.3. The molecule has 0 spiro atoms.